The van der Waals surface area contributed by atoms with Gasteiger partial charge in [0, 0.05) is 26.4 Å². The molecule has 0 aliphatic carbocycles. The van der Waals surface area contributed by atoms with Crippen molar-refractivity contribution in [3.63, 3.8) is 0 Å². The molecule has 2 N–H and O–H groups in total. The third-order valence-electron chi connectivity index (χ3n) is 2.93. The number of hydrogen-bond acceptors (Lipinski definition) is 3. The topological polar surface area (TPSA) is 55.6 Å². The third-order valence-corrected chi connectivity index (χ3v) is 2.93. The molecule has 0 saturated carbocycles. The summed E-state index contributed by atoms with van der Waals surface area (Å²) in [6.45, 7) is 4.45. The second-order valence-electron chi connectivity index (χ2n) is 5.16. The Hall–Kier alpha value is -1.55. The van der Waals surface area contributed by atoms with Crippen molar-refractivity contribution in [2.24, 2.45) is 5.73 Å². The Bertz CT molecular complexity index is 399. The summed E-state index contributed by atoms with van der Waals surface area (Å²) in [7, 11) is 3.52. The monoisotopic (exact) mass is 264 g/mol. The van der Waals surface area contributed by atoms with Crippen LogP contribution < -0.4 is 10.5 Å². The van der Waals surface area contributed by atoms with E-state index in [0.29, 0.717) is 13.0 Å². The van der Waals surface area contributed by atoms with Gasteiger partial charge in [-0.3, -0.25) is 4.79 Å². The van der Waals surface area contributed by atoms with Crippen molar-refractivity contribution in [2.75, 3.05) is 20.6 Å². The first-order valence-electron chi connectivity index (χ1n) is 6.61. The van der Waals surface area contributed by atoms with Gasteiger partial charge >= 0.3 is 0 Å². The molecule has 1 rings (SSSR count). The van der Waals surface area contributed by atoms with E-state index < -0.39 is 0 Å². The normalized spacial score (nSPS) is 12.3. The average Bonchev–Trinajstić information content (AvgIpc) is 2.36. The van der Waals surface area contributed by atoms with Crippen molar-refractivity contribution in [3.8, 4) is 5.75 Å². The molecule has 0 fully saturated rings. The van der Waals surface area contributed by atoms with Gasteiger partial charge in [0.1, 0.15) is 5.75 Å². The molecule has 4 heteroatoms. The van der Waals surface area contributed by atoms with Gasteiger partial charge in [0.2, 0.25) is 5.91 Å². The highest BCUT2D eigenvalue weighted by Gasteiger charge is 2.16. The highest BCUT2D eigenvalue weighted by atomic mass is 16.5. The van der Waals surface area contributed by atoms with Crippen molar-refractivity contribution >= 4 is 5.91 Å². The molecule has 0 bridgehead atoms. The van der Waals surface area contributed by atoms with Gasteiger partial charge in [0.15, 0.2) is 0 Å². The van der Waals surface area contributed by atoms with Crippen molar-refractivity contribution in [1.29, 1.82) is 0 Å². The van der Waals surface area contributed by atoms with Crippen LogP contribution in [-0.4, -0.2) is 37.6 Å². The number of benzene rings is 1. The van der Waals surface area contributed by atoms with Crippen molar-refractivity contribution < 1.29 is 9.53 Å². The molecule has 1 aromatic rings. The number of hydrogen-bond donors (Lipinski definition) is 1. The Morgan fingerprint density at radius 1 is 1.26 bits per heavy atom. The van der Waals surface area contributed by atoms with Gasteiger partial charge < -0.3 is 15.4 Å². The summed E-state index contributed by atoms with van der Waals surface area (Å²) in [5.41, 5.74) is 6.85. The van der Waals surface area contributed by atoms with Crippen LogP contribution in [0.15, 0.2) is 24.3 Å². The molecule has 4 nitrogen and oxygen atoms in total. The lowest BCUT2D eigenvalue weighted by atomic mass is 9.95. The van der Waals surface area contributed by atoms with Gasteiger partial charge in [0.05, 0.1) is 6.10 Å². The zero-order chi connectivity index (χ0) is 14.4. The lowest BCUT2D eigenvalue weighted by Gasteiger charge is -2.18. The van der Waals surface area contributed by atoms with E-state index in [1.54, 1.807) is 19.0 Å². The fourth-order valence-corrected chi connectivity index (χ4v) is 1.82. The van der Waals surface area contributed by atoms with Crippen LogP contribution in [0.4, 0.5) is 0 Å². The van der Waals surface area contributed by atoms with E-state index in [4.69, 9.17) is 10.5 Å². The first-order chi connectivity index (χ1) is 8.93. The Morgan fingerprint density at radius 2 is 1.84 bits per heavy atom. The minimum atomic E-state index is 0.0583. The average molecular weight is 264 g/mol. The molecule has 106 valence electrons. The quantitative estimate of drug-likeness (QED) is 0.855. The maximum atomic E-state index is 11.7. The predicted molar refractivity (Wildman–Crippen MR) is 77.3 cm³/mol. The number of carbonyl (C=O) groups excluding carboxylic acids is 1. The smallest absolute Gasteiger partial charge is 0.222 e. The maximum absolute atomic E-state index is 11.7. The molecule has 0 saturated heterocycles. The lowest BCUT2D eigenvalue weighted by Crippen LogP contribution is -2.26. The summed E-state index contributed by atoms with van der Waals surface area (Å²) < 4.78 is 5.60. The molecule has 0 aliphatic rings. The molecule has 0 aliphatic heterocycles. The molecule has 19 heavy (non-hydrogen) atoms. The molecule has 1 unspecified atom stereocenters. The lowest BCUT2D eigenvalue weighted by molar-refractivity contribution is -0.129. The van der Waals surface area contributed by atoms with Gasteiger partial charge in [-0.15, -0.1) is 0 Å². The van der Waals surface area contributed by atoms with Crippen LogP contribution in [0.3, 0.4) is 0 Å². The zero-order valence-electron chi connectivity index (χ0n) is 12.2. The molecule has 0 spiro atoms. The van der Waals surface area contributed by atoms with E-state index in [2.05, 4.69) is 0 Å². The summed E-state index contributed by atoms with van der Waals surface area (Å²) in [5.74, 6) is 0.995. The Kier molecular flexibility index (Phi) is 5.83. The largest absolute Gasteiger partial charge is 0.491 e. The second-order valence-corrected chi connectivity index (χ2v) is 5.16. The molecular weight excluding hydrogens is 240 g/mol. The number of ether oxygens (including phenoxy) is 1. The van der Waals surface area contributed by atoms with Crippen LogP contribution in [0.5, 0.6) is 5.75 Å². The van der Waals surface area contributed by atoms with Crippen LogP contribution in [0.1, 0.15) is 31.7 Å². The molecular formula is C15H24N2O2. The molecule has 0 aromatic heterocycles. The van der Waals surface area contributed by atoms with E-state index in [1.807, 2.05) is 38.1 Å². The fourth-order valence-electron chi connectivity index (χ4n) is 1.82. The Balaban J connectivity index is 2.73. The van der Waals surface area contributed by atoms with E-state index in [0.717, 1.165) is 11.3 Å². The minimum absolute atomic E-state index is 0.0583. The van der Waals surface area contributed by atoms with E-state index in [1.165, 1.54) is 0 Å². The highest BCUT2D eigenvalue weighted by Crippen LogP contribution is 2.22. The summed E-state index contributed by atoms with van der Waals surface area (Å²) in [5, 5.41) is 0. The number of carbonyl (C=O) groups is 1. The summed E-state index contributed by atoms with van der Waals surface area (Å²) in [6, 6.07) is 7.83. The fraction of sp³-hybridized carbons (Fsp3) is 0.533. The molecule has 1 aromatic carbocycles. The number of nitrogens with zero attached hydrogens (tertiary/aromatic N) is 1. The standard InChI is InChI=1S/C15H24N2O2/c1-11(2)19-14-7-5-12(6-8-14)13(10-16)9-15(18)17(3)4/h5-8,11,13H,9-10,16H2,1-4H3. The summed E-state index contributed by atoms with van der Waals surface area (Å²) >= 11 is 0. The predicted octanol–water partition coefficient (Wildman–Crippen LogP) is 1.99. The number of nitrogens with two attached hydrogens (primary N) is 1. The van der Waals surface area contributed by atoms with Crippen molar-refractivity contribution in [3.05, 3.63) is 29.8 Å². The van der Waals surface area contributed by atoms with Crippen LogP contribution >= 0.6 is 0 Å². The molecule has 1 amide bonds. The number of amides is 1. The summed E-state index contributed by atoms with van der Waals surface area (Å²) in [6.07, 6.45) is 0.597. The second kappa shape index (κ2) is 7.14. The maximum Gasteiger partial charge on any atom is 0.222 e. The van der Waals surface area contributed by atoms with Crippen molar-refractivity contribution in [2.45, 2.75) is 32.3 Å². The van der Waals surface area contributed by atoms with Crippen LogP contribution in [-0.2, 0) is 4.79 Å². The minimum Gasteiger partial charge on any atom is -0.491 e. The van der Waals surface area contributed by atoms with E-state index >= 15 is 0 Å². The SMILES string of the molecule is CC(C)Oc1ccc(C(CN)CC(=O)N(C)C)cc1. The molecule has 0 radical (unpaired) electrons. The highest BCUT2D eigenvalue weighted by molar-refractivity contribution is 5.76. The van der Waals surface area contributed by atoms with Crippen LogP contribution in [0.2, 0.25) is 0 Å². The third kappa shape index (κ3) is 4.91. The molecule has 0 heterocycles. The van der Waals surface area contributed by atoms with Gasteiger partial charge in [-0.05, 0) is 38.1 Å². The summed E-state index contributed by atoms with van der Waals surface area (Å²) in [4.78, 5) is 13.3. The van der Waals surface area contributed by atoms with E-state index in [9.17, 15) is 4.79 Å². The van der Waals surface area contributed by atoms with Crippen LogP contribution in [0, 0.1) is 0 Å². The van der Waals surface area contributed by atoms with E-state index in [-0.39, 0.29) is 17.9 Å². The van der Waals surface area contributed by atoms with Gasteiger partial charge in [-0.2, -0.15) is 0 Å². The van der Waals surface area contributed by atoms with Crippen molar-refractivity contribution in [1.82, 2.24) is 4.90 Å². The van der Waals surface area contributed by atoms with Crippen LogP contribution in [0.25, 0.3) is 0 Å². The van der Waals surface area contributed by atoms with Gasteiger partial charge in [-0.1, -0.05) is 12.1 Å². The Morgan fingerprint density at radius 3 is 2.26 bits per heavy atom. The zero-order valence-corrected chi connectivity index (χ0v) is 12.2. The molecule has 1 atom stereocenters. The number of rotatable bonds is 6. The Labute approximate surface area is 115 Å². The van der Waals surface area contributed by atoms with Gasteiger partial charge in [0.25, 0.3) is 0 Å². The first kappa shape index (κ1) is 15.5. The first-order valence-corrected chi connectivity index (χ1v) is 6.61. The van der Waals surface area contributed by atoms with Gasteiger partial charge in [-0.25, -0.2) is 0 Å².